The summed E-state index contributed by atoms with van der Waals surface area (Å²) in [4.78, 5) is 2.37. The van der Waals surface area contributed by atoms with Crippen LogP contribution in [0.1, 0.15) is 52.4 Å². The van der Waals surface area contributed by atoms with Crippen molar-refractivity contribution in [2.75, 3.05) is 13.6 Å². The topological polar surface area (TPSA) is 23.5 Å². The molecule has 1 rings (SSSR count). The molecule has 15 heavy (non-hydrogen) atoms. The van der Waals surface area contributed by atoms with Gasteiger partial charge < -0.3 is 10.0 Å². The lowest BCUT2D eigenvalue weighted by atomic mass is 9.91. The van der Waals surface area contributed by atoms with Crippen molar-refractivity contribution in [2.24, 2.45) is 5.92 Å². The summed E-state index contributed by atoms with van der Waals surface area (Å²) >= 11 is 0. The summed E-state index contributed by atoms with van der Waals surface area (Å²) in [7, 11) is 2.17. The summed E-state index contributed by atoms with van der Waals surface area (Å²) in [6.45, 7) is 5.69. The van der Waals surface area contributed by atoms with Crippen molar-refractivity contribution in [1.82, 2.24) is 4.90 Å². The molecule has 0 aromatic heterocycles. The van der Waals surface area contributed by atoms with Crippen molar-refractivity contribution < 1.29 is 5.11 Å². The van der Waals surface area contributed by atoms with E-state index in [4.69, 9.17) is 0 Å². The van der Waals surface area contributed by atoms with Crippen LogP contribution in [0.25, 0.3) is 0 Å². The van der Waals surface area contributed by atoms with Crippen LogP contribution in [-0.2, 0) is 0 Å². The van der Waals surface area contributed by atoms with E-state index in [-0.39, 0.29) is 6.10 Å². The normalized spacial score (nSPS) is 27.6. The van der Waals surface area contributed by atoms with Crippen molar-refractivity contribution in [3.63, 3.8) is 0 Å². The second-order valence-corrected chi connectivity index (χ2v) is 5.44. The van der Waals surface area contributed by atoms with E-state index in [1.165, 1.54) is 32.1 Å². The predicted octanol–water partition coefficient (Wildman–Crippen LogP) is 2.66. The van der Waals surface area contributed by atoms with Crippen LogP contribution in [-0.4, -0.2) is 35.7 Å². The third-order valence-electron chi connectivity index (χ3n) is 3.55. The molecule has 0 aromatic carbocycles. The monoisotopic (exact) mass is 213 g/mol. The smallest absolute Gasteiger partial charge is 0.0695 e. The molecule has 0 saturated heterocycles. The Bertz CT molecular complexity index is 170. The van der Waals surface area contributed by atoms with Gasteiger partial charge in [0.1, 0.15) is 0 Å². The molecule has 2 heteroatoms. The summed E-state index contributed by atoms with van der Waals surface area (Å²) in [5.41, 5.74) is 0. The highest BCUT2D eigenvalue weighted by Crippen LogP contribution is 2.22. The SMILES string of the molecule is CC(C)CCCN(C)C1CCCCC1O. The minimum Gasteiger partial charge on any atom is -0.391 e. The highest BCUT2D eigenvalue weighted by atomic mass is 16.3. The second kappa shape index (κ2) is 6.49. The van der Waals surface area contributed by atoms with Gasteiger partial charge in [-0.05, 0) is 45.2 Å². The van der Waals surface area contributed by atoms with Gasteiger partial charge in [0.05, 0.1) is 6.10 Å². The average molecular weight is 213 g/mol. The van der Waals surface area contributed by atoms with E-state index >= 15 is 0 Å². The number of aliphatic hydroxyl groups is 1. The minimum atomic E-state index is -0.0807. The van der Waals surface area contributed by atoms with Gasteiger partial charge in [0.25, 0.3) is 0 Å². The van der Waals surface area contributed by atoms with Gasteiger partial charge in [0, 0.05) is 6.04 Å². The fraction of sp³-hybridized carbons (Fsp3) is 1.00. The van der Waals surface area contributed by atoms with E-state index in [2.05, 4.69) is 25.8 Å². The summed E-state index contributed by atoms with van der Waals surface area (Å²) in [5.74, 6) is 0.801. The molecule has 0 heterocycles. The average Bonchev–Trinajstić information content (AvgIpc) is 2.17. The first-order valence-electron chi connectivity index (χ1n) is 6.49. The Balaban J connectivity index is 2.22. The molecule has 2 unspecified atom stereocenters. The first-order chi connectivity index (χ1) is 7.11. The van der Waals surface area contributed by atoms with E-state index in [1.54, 1.807) is 0 Å². The molecule has 1 N–H and O–H groups in total. The van der Waals surface area contributed by atoms with Crippen molar-refractivity contribution in [1.29, 1.82) is 0 Å². The van der Waals surface area contributed by atoms with Crippen LogP contribution < -0.4 is 0 Å². The summed E-state index contributed by atoms with van der Waals surface area (Å²) in [6.07, 6.45) is 7.15. The second-order valence-electron chi connectivity index (χ2n) is 5.44. The number of hydrogen-bond donors (Lipinski definition) is 1. The van der Waals surface area contributed by atoms with Gasteiger partial charge in [-0.25, -0.2) is 0 Å². The van der Waals surface area contributed by atoms with Gasteiger partial charge in [0.2, 0.25) is 0 Å². The third-order valence-corrected chi connectivity index (χ3v) is 3.55. The van der Waals surface area contributed by atoms with Crippen molar-refractivity contribution in [3.05, 3.63) is 0 Å². The third kappa shape index (κ3) is 4.52. The minimum absolute atomic E-state index is 0.0807. The molecule has 1 fully saturated rings. The zero-order chi connectivity index (χ0) is 11.3. The summed E-state index contributed by atoms with van der Waals surface area (Å²) in [6, 6.07) is 0.422. The van der Waals surface area contributed by atoms with Gasteiger partial charge in [-0.1, -0.05) is 26.7 Å². The molecule has 1 saturated carbocycles. The lowest BCUT2D eigenvalue weighted by Gasteiger charge is -2.35. The lowest BCUT2D eigenvalue weighted by molar-refractivity contribution is 0.0313. The number of nitrogens with zero attached hydrogens (tertiary/aromatic N) is 1. The molecule has 0 aliphatic heterocycles. The highest BCUT2D eigenvalue weighted by Gasteiger charge is 2.25. The molecular weight excluding hydrogens is 186 g/mol. The van der Waals surface area contributed by atoms with Crippen molar-refractivity contribution in [2.45, 2.75) is 64.5 Å². The Morgan fingerprint density at radius 1 is 1.27 bits per heavy atom. The fourth-order valence-electron chi connectivity index (χ4n) is 2.52. The van der Waals surface area contributed by atoms with Gasteiger partial charge in [-0.2, -0.15) is 0 Å². The molecule has 0 amide bonds. The van der Waals surface area contributed by atoms with Gasteiger partial charge in [-0.3, -0.25) is 0 Å². The molecule has 1 aliphatic rings. The standard InChI is InChI=1S/C13H27NO/c1-11(2)7-6-10-14(3)12-8-4-5-9-13(12)15/h11-13,15H,4-10H2,1-3H3. The van der Waals surface area contributed by atoms with E-state index in [0.717, 1.165) is 18.9 Å². The van der Waals surface area contributed by atoms with Crippen LogP contribution >= 0.6 is 0 Å². The fourth-order valence-corrected chi connectivity index (χ4v) is 2.52. The number of likely N-dealkylation sites (N-methyl/N-ethyl adjacent to an activating group) is 1. The number of hydrogen-bond acceptors (Lipinski definition) is 2. The maximum Gasteiger partial charge on any atom is 0.0695 e. The molecule has 0 spiro atoms. The Hall–Kier alpha value is -0.0800. The van der Waals surface area contributed by atoms with Crippen LogP contribution in [0.15, 0.2) is 0 Å². The van der Waals surface area contributed by atoms with Crippen LogP contribution in [0.4, 0.5) is 0 Å². The quantitative estimate of drug-likeness (QED) is 0.759. The Morgan fingerprint density at radius 2 is 1.93 bits per heavy atom. The molecule has 0 bridgehead atoms. The van der Waals surface area contributed by atoms with Crippen LogP contribution in [0.5, 0.6) is 0 Å². The largest absolute Gasteiger partial charge is 0.391 e. The van der Waals surface area contributed by atoms with Crippen LogP contribution in [0.3, 0.4) is 0 Å². The first kappa shape index (κ1) is 13.0. The van der Waals surface area contributed by atoms with E-state index < -0.39 is 0 Å². The highest BCUT2D eigenvalue weighted by molar-refractivity contribution is 4.81. The maximum atomic E-state index is 9.91. The van der Waals surface area contributed by atoms with E-state index in [9.17, 15) is 5.11 Å². The molecule has 2 atom stereocenters. The van der Waals surface area contributed by atoms with Crippen molar-refractivity contribution >= 4 is 0 Å². The van der Waals surface area contributed by atoms with Crippen LogP contribution in [0.2, 0.25) is 0 Å². The van der Waals surface area contributed by atoms with Crippen LogP contribution in [0, 0.1) is 5.92 Å². The van der Waals surface area contributed by atoms with Gasteiger partial charge >= 0.3 is 0 Å². The molecule has 2 nitrogen and oxygen atoms in total. The van der Waals surface area contributed by atoms with E-state index in [1.807, 2.05) is 0 Å². The summed E-state index contributed by atoms with van der Waals surface area (Å²) in [5, 5.41) is 9.91. The lowest BCUT2D eigenvalue weighted by Crippen LogP contribution is -2.43. The van der Waals surface area contributed by atoms with Gasteiger partial charge in [0.15, 0.2) is 0 Å². The molecule has 0 aromatic rings. The Labute approximate surface area is 94.7 Å². The zero-order valence-electron chi connectivity index (χ0n) is 10.6. The summed E-state index contributed by atoms with van der Waals surface area (Å²) < 4.78 is 0. The Kier molecular flexibility index (Phi) is 5.62. The molecule has 1 aliphatic carbocycles. The molecule has 0 radical (unpaired) electrons. The maximum absolute atomic E-state index is 9.91. The van der Waals surface area contributed by atoms with Crippen molar-refractivity contribution in [3.8, 4) is 0 Å². The number of rotatable bonds is 5. The van der Waals surface area contributed by atoms with Gasteiger partial charge in [-0.15, -0.1) is 0 Å². The molecular formula is C13H27NO. The van der Waals surface area contributed by atoms with E-state index in [0.29, 0.717) is 6.04 Å². The number of aliphatic hydroxyl groups excluding tert-OH is 1. The predicted molar refractivity (Wildman–Crippen MR) is 65.0 cm³/mol. The Morgan fingerprint density at radius 3 is 2.53 bits per heavy atom. The first-order valence-corrected chi connectivity index (χ1v) is 6.49. The molecule has 90 valence electrons. The zero-order valence-corrected chi connectivity index (χ0v) is 10.6.